The molecule has 0 aliphatic carbocycles. The summed E-state index contributed by atoms with van der Waals surface area (Å²) in [4.78, 5) is 3.03. The second-order valence-electron chi connectivity index (χ2n) is 3.11. The number of aromatic nitrogens is 1. The van der Waals surface area contributed by atoms with Crippen molar-refractivity contribution in [1.82, 2.24) is 4.98 Å². The van der Waals surface area contributed by atoms with Gasteiger partial charge in [0.15, 0.2) is 0 Å². The average molecular weight is 178 g/mol. The molecule has 0 atom stereocenters. The molecule has 2 rings (SSSR count). The van der Waals surface area contributed by atoms with Crippen molar-refractivity contribution in [3.8, 4) is 0 Å². The number of benzene rings is 1. The number of rotatable bonds is 1. The summed E-state index contributed by atoms with van der Waals surface area (Å²) in [6, 6.07) is 3.24. The van der Waals surface area contributed by atoms with E-state index in [1.165, 1.54) is 6.07 Å². The summed E-state index contributed by atoms with van der Waals surface area (Å²) in [5, 5.41) is 1.02. The zero-order chi connectivity index (χ0) is 9.42. The Morgan fingerprint density at radius 3 is 2.92 bits per heavy atom. The van der Waals surface area contributed by atoms with Crippen LogP contribution in [0, 0.1) is 12.7 Å². The van der Waals surface area contributed by atoms with Crippen LogP contribution in [0.25, 0.3) is 10.9 Å². The van der Waals surface area contributed by atoms with Gasteiger partial charge in [-0.2, -0.15) is 0 Å². The van der Waals surface area contributed by atoms with Gasteiger partial charge >= 0.3 is 0 Å². The van der Waals surface area contributed by atoms with E-state index in [1.807, 2.05) is 6.20 Å². The number of aryl methyl sites for hydroxylation is 1. The SMILES string of the molecule is Cc1c(F)ccc2c(CN)c[nH]c12. The summed E-state index contributed by atoms with van der Waals surface area (Å²) >= 11 is 0. The van der Waals surface area contributed by atoms with Crippen LogP contribution in [-0.4, -0.2) is 4.98 Å². The minimum Gasteiger partial charge on any atom is -0.361 e. The van der Waals surface area contributed by atoms with Gasteiger partial charge in [0.1, 0.15) is 5.82 Å². The smallest absolute Gasteiger partial charge is 0.128 e. The molecule has 0 radical (unpaired) electrons. The van der Waals surface area contributed by atoms with E-state index >= 15 is 0 Å². The van der Waals surface area contributed by atoms with E-state index in [1.54, 1.807) is 13.0 Å². The molecule has 13 heavy (non-hydrogen) atoms. The first-order chi connectivity index (χ1) is 6.24. The van der Waals surface area contributed by atoms with Gasteiger partial charge in [0.05, 0.1) is 5.52 Å². The van der Waals surface area contributed by atoms with Crippen LogP contribution in [0.2, 0.25) is 0 Å². The van der Waals surface area contributed by atoms with Gasteiger partial charge < -0.3 is 10.7 Å². The molecule has 0 saturated heterocycles. The molecular formula is C10H11FN2. The van der Waals surface area contributed by atoms with Gasteiger partial charge in [0, 0.05) is 23.7 Å². The molecule has 0 spiro atoms. The lowest BCUT2D eigenvalue weighted by molar-refractivity contribution is 0.620. The largest absolute Gasteiger partial charge is 0.361 e. The first kappa shape index (κ1) is 8.26. The number of aromatic amines is 1. The number of halogens is 1. The number of nitrogens with one attached hydrogen (secondary N) is 1. The third kappa shape index (κ3) is 1.12. The van der Waals surface area contributed by atoms with E-state index in [4.69, 9.17) is 5.73 Å². The molecule has 2 nitrogen and oxygen atoms in total. The average Bonchev–Trinajstić information content (AvgIpc) is 2.55. The zero-order valence-corrected chi connectivity index (χ0v) is 7.39. The van der Waals surface area contributed by atoms with Crippen molar-refractivity contribution < 1.29 is 4.39 Å². The fraction of sp³-hybridized carbons (Fsp3) is 0.200. The molecule has 1 aromatic carbocycles. The van der Waals surface area contributed by atoms with Crippen LogP contribution < -0.4 is 5.73 Å². The van der Waals surface area contributed by atoms with Gasteiger partial charge in [0.25, 0.3) is 0 Å². The van der Waals surface area contributed by atoms with Crippen molar-refractivity contribution >= 4 is 10.9 Å². The van der Waals surface area contributed by atoms with E-state index in [0.717, 1.165) is 16.5 Å². The van der Waals surface area contributed by atoms with Crippen molar-refractivity contribution in [2.45, 2.75) is 13.5 Å². The van der Waals surface area contributed by atoms with Gasteiger partial charge in [-0.3, -0.25) is 0 Å². The minimum atomic E-state index is -0.182. The Hall–Kier alpha value is -1.35. The maximum Gasteiger partial charge on any atom is 0.128 e. The Labute approximate surface area is 75.6 Å². The number of hydrogen-bond acceptors (Lipinski definition) is 1. The molecular weight excluding hydrogens is 167 g/mol. The molecule has 0 unspecified atom stereocenters. The van der Waals surface area contributed by atoms with E-state index in [0.29, 0.717) is 12.1 Å². The predicted octanol–water partition coefficient (Wildman–Crippen LogP) is 2.07. The predicted molar refractivity (Wildman–Crippen MR) is 50.9 cm³/mol. The number of fused-ring (bicyclic) bond motifs is 1. The van der Waals surface area contributed by atoms with Crippen LogP contribution in [0.15, 0.2) is 18.3 Å². The summed E-state index contributed by atoms with van der Waals surface area (Å²) in [5.41, 5.74) is 8.06. The topological polar surface area (TPSA) is 41.8 Å². The molecule has 1 heterocycles. The molecule has 1 aromatic heterocycles. The Morgan fingerprint density at radius 1 is 1.46 bits per heavy atom. The van der Waals surface area contributed by atoms with Crippen molar-refractivity contribution in [2.75, 3.05) is 0 Å². The standard InChI is InChI=1S/C10H11FN2/c1-6-9(11)3-2-8-7(4-12)5-13-10(6)8/h2-3,5,13H,4,12H2,1H3. The molecule has 0 fully saturated rings. The second kappa shape index (κ2) is 2.85. The maximum absolute atomic E-state index is 13.1. The highest BCUT2D eigenvalue weighted by Gasteiger charge is 2.06. The third-order valence-corrected chi connectivity index (χ3v) is 2.36. The lowest BCUT2D eigenvalue weighted by Crippen LogP contribution is -1.94. The van der Waals surface area contributed by atoms with Gasteiger partial charge in [0.2, 0.25) is 0 Å². The third-order valence-electron chi connectivity index (χ3n) is 2.36. The minimum absolute atomic E-state index is 0.182. The van der Waals surface area contributed by atoms with Gasteiger partial charge in [-0.1, -0.05) is 0 Å². The molecule has 3 heteroatoms. The van der Waals surface area contributed by atoms with E-state index in [2.05, 4.69) is 4.98 Å². The van der Waals surface area contributed by atoms with E-state index in [9.17, 15) is 4.39 Å². The molecule has 68 valence electrons. The summed E-state index contributed by atoms with van der Waals surface area (Å²) in [6.07, 6.45) is 1.83. The molecule has 0 saturated carbocycles. The summed E-state index contributed by atoms with van der Waals surface area (Å²) in [6.45, 7) is 2.24. The normalized spacial score (nSPS) is 11.0. The summed E-state index contributed by atoms with van der Waals surface area (Å²) in [7, 11) is 0. The van der Waals surface area contributed by atoms with Crippen LogP contribution in [0.4, 0.5) is 4.39 Å². The van der Waals surface area contributed by atoms with Crippen LogP contribution in [-0.2, 0) is 6.54 Å². The van der Waals surface area contributed by atoms with Crippen LogP contribution >= 0.6 is 0 Å². The Kier molecular flexibility index (Phi) is 1.81. The van der Waals surface area contributed by atoms with Crippen molar-refractivity contribution in [3.05, 3.63) is 35.3 Å². The molecule has 0 amide bonds. The number of H-pyrrole nitrogens is 1. The molecule has 0 aliphatic heterocycles. The molecule has 3 N–H and O–H groups in total. The summed E-state index contributed by atoms with van der Waals surface area (Å²) < 4.78 is 13.1. The maximum atomic E-state index is 13.1. The zero-order valence-electron chi connectivity index (χ0n) is 7.39. The van der Waals surface area contributed by atoms with Crippen LogP contribution in [0.1, 0.15) is 11.1 Å². The molecule has 0 bridgehead atoms. The van der Waals surface area contributed by atoms with Crippen LogP contribution in [0.5, 0.6) is 0 Å². The highest BCUT2D eigenvalue weighted by Crippen LogP contribution is 2.22. The monoisotopic (exact) mass is 178 g/mol. The Balaban J connectivity index is 2.81. The van der Waals surface area contributed by atoms with Crippen molar-refractivity contribution in [3.63, 3.8) is 0 Å². The fourth-order valence-corrected chi connectivity index (χ4v) is 1.55. The Morgan fingerprint density at radius 2 is 2.23 bits per heavy atom. The number of nitrogens with two attached hydrogens (primary N) is 1. The van der Waals surface area contributed by atoms with Crippen molar-refractivity contribution in [2.24, 2.45) is 5.73 Å². The first-order valence-corrected chi connectivity index (χ1v) is 4.19. The van der Waals surface area contributed by atoms with Gasteiger partial charge in [-0.25, -0.2) is 4.39 Å². The van der Waals surface area contributed by atoms with Crippen molar-refractivity contribution in [1.29, 1.82) is 0 Å². The highest BCUT2D eigenvalue weighted by molar-refractivity contribution is 5.85. The second-order valence-corrected chi connectivity index (χ2v) is 3.11. The highest BCUT2D eigenvalue weighted by atomic mass is 19.1. The Bertz CT molecular complexity index is 445. The lowest BCUT2D eigenvalue weighted by atomic mass is 10.1. The number of hydrogen-bond donors (Lipinski definition) is 2. The van der Waals surface area contributed by atoms with Crippen LogP contribution in [0.3, 0.4) is 0 Å². The van der Waals surface area contributed by atoms with E-state index < -0.39 is 0 Å². The van der Waals surface area contributed by atoms with Gasteiger partial charge in [-0.05, 0) is 24.6 Å². The van der Waals surface area contributed by atoms with Gasteiger partial charge in [-0.15, -0.1) is 0 Å². The lowest BCUT2D eigenvalue weighted by Gasteiger charge is -1.98. The molecule has 2 aromatic rings. The van der Waals surface area contributed by atoms with E-state index in [-0.39, 0.29) is 5.82 Å². The first-order valence-electron chi connectivity index (χ1n) is 4.19. The molecule has 0 aliphatic rings. The summed E-state index contributed by atoms with van der Waals surface area (Å²) in [5.74, 6) is -0.182. The quantitative estimate of drug-likeness (QED) is 0.689. The fourth-order valence-electron chi connectivity index (χ4n) is 1.55.